The zero-order valence-electron chi connectivity index (χ0n) is 18.2. The molecular weight excluding hydrogens is 378 g/mol. The number of aryl methyl sites for hydroxylation is 2. The van der Waals surface area contributed by atoms with Gasteiger partial charge in [0, 0.05) is 31.6 Å². The van der Waals surface area contributed by atoms with E-state index >= 15 is 0 Å². The van der Waals surface area contributed by atoms with E-state index in [1.165, 1.54) is 11.1 Å². The van der Waals surface area contributed by atoms with Crippen molar-refractivity contribution in [2.45, 2.75) is 57.8 Å². The third kappa shape index (κ3) is 4.34. The molecule has 2 aliphatic rings. The molecule has 1 fully saturated rings. The summed E-state index contributed by atoms with van der Waals surface area (Å²) in [5, 5.41) is 21.4. The van der Waals surface area contributed by atoms with E-state index in [2.05, 4.69) is 30.9 Å². The minimum atomic E-state index is -0.529. The predicted molar refractivity (Wildman–Crippen MR) is 117 cm³/mol. The van der Waals surface area contributed by atoms with Crippen molar-refractivity contribution in [1.29, 1.82) is 0 Å². The van der Waals surface area contributed by atoms with Gasteiger partial charge in [-0.05, 0) is 74.6 Å². The number of rotatable bonds is 5. The average molecular weight is 412 g/mol. The molecule has 1 saturated heterocycles. The zero-order valence-corrected chi connectivity index (χ0v) is 18.2. The van der Waals surface area contributed by atoms with Crippen LogP contribution in [0.2, 0.25) is 0 Å². The van der Waals surface area contributed by atoms with E-state index in [4.69, 9.17) is 9.47 Å². The van der Waals surface area contributed by atoms with Crippen LogP contribution in [-0.2, 0) is 0 Å². The molecule has 2 heterocycles. The van der Waals surface area contributed by atoms with Crippen molar-refractivity contribution in [3.05, 3.63) is 58.7 Å². The number of nitrogens with zero attached hydrogens (tertiary/aromatic N) is 1. The van der Waals surface area contributed by atoms with E-state index in [1.54, 1.807) is 0 Å². The third-order valence-electron chi connectivity index (χ3n) is 6.65. The summed E-state index contributed by atoms with van der Waals surface area (Å²) in [7, 11) is 0. The molecule has 162 valence electrons. The second-order valence-corrected chi connectivity index (χ2v) is 8.80. The van der Waals surface area contributed by atoms with Gasteiger partial charge in [0.2, 0.25) is 0 Å². The van der Waals surface area contributed by atoms with Gasteiger partial charge >= 0.3 is 0 Å². The molecule has 2 N–H and O–H groups in total. The predicted octanol–water partition coefficient (Wildman–Crippen LogP) is 4.09. The van der Waals surface area contributed by atoms with Crippen LogP contribution in [0.4, 0.5) is 0 Å². The number of likely N-dealkylation sites (tertiary alicyclic amines) is 1. The average Bonchev–Trinajstić information content (AvgIpc) is 2.72. The number of hydrogen-bond donors (Lipinski definition) is 2. The number of β-amino-alcohol motifs (C(OH)–C–C–N with tert-alkyl or cyclic N) is 1. The molecule has 1 spiro atoms. The lowest BCUT2D eigenvalue weighted by molar-refractivity contribution is -0.0588. The van der Waals surface area contributed by atoms with Crippen LogP contribution in [0.15, 0.2) is 36.4 Å². The Kier molecular flexibility index (Phi) is 6.05. The van der Waals surface area contributed by atoms with Gasteiger partial charge in [-0.2, -0.15) is 0 Å². The lowest BCUT2D eigenvalue weighted by Crippen LogP contribution is -2.51. The Morgan fingerprint density at radius 2 is 1.80 bits per heavy atom. The van der Waals surface area contributed by atoms with E-state index in [0.29, 0.717) is 19.6 Å². The molecule has 2 aromatic carbocycles. The lowest BCUT2D eigenvalue weighted by Gasteiger charge is -2.46. The maximum Gasteiger partial charge on any atom is 0.126 e. The Morgan fingerprint density at radius 1 is 1.13 bits per heavy atom. The molecule has 0 saturated carbocycles. The van der Waals surface area contributed by atoms with E-state index in [-0.39, 0.29) is 5.60 Å². The summed E-state index contributed by atoms with van der Waals surface area (Å²) >= 11 is 0. The monoisotopic (exact) mass is 411 g/mol. The fourth-order valence-electron chi connectivity index (χ4n) is 4.65. The van der Waals surface area contributed by atoms with Crippen LogP contribution in [0.1, 0.15) is 60.6 Å². The Bertz CT molecular complexity index is 871. The summed E-state index contributed by atoms with van der Waals surface area (Å²) in [4.78, 5) is 2.29. The fraction of sp³-hybridized carbons (Fsp3) is 0.520. The second-order valence-electron chi connectivity index (χ2n) is 8.80. The van der Waals surface area contributed by atoms with Crippen molar-refractivity contribution >= 4 is 0 Å². The molecule has 2 atom stereocenters. The van der Waals surface area contributed by atoms with Crippen LogP contribution >= 0.6 is 0 Å². The number of ether oxygens (including phenoxy) is 2. The van der Waals surface area contributed by atoms with Gasteiger partial charge in [0.05, 0.1) is 18.8 Å². The molecule has 0 radical (unpaired) electrons. The highest BCUT2D eigenvalue weighted by Gasteiger charge is 2.43. The number of aliphatic hydroxyl groups excluding tert-OH is 2. The summed E-state index contributed by atoms with van der Waals surface area (Å²) in [6, 6.07) is 11.8. The summed E-state index contributed by atoms with van der Waals surface area (Å²) in [6.07, 6.45) is 1.34. The van der Waals surface area contributed by atoms with Crippen LogP contribution in [0.3, 0.4) is 0 Å². The molecule has 2 aromatic rings. The van der Waals surface area contributed by atoms with Crippen LogP contribution in [0.5, 0.6) is 11.5 Å². The minimum Gasteiger partial charge on any atom is -0.494 e. The molecule has 0 unspecified atom stereocenters. The molecule has 0 aliphatic carbocycles. The quantitative estimate of drug-likeness (QED) is 0.776. The summed E-state index contributed by atoms with van der Waals surface area (Å²) in [5.41, 5.74) is 3.88. The Hall–Kier alpha value is -2.08. The molecule has 0 amide bonds. The molecule has 0 bridgehead atoms. The summed E-state index contributed by atoms with van der Waals surface area (Å²) in [6.45, 7) is 9.04. The third-order valence-corrected chi connectivity index (χ3v) is 6.65. The first-order chi connectivity index (χ1) is 14.4. The fourth-order valence-corrected chi connectivity index (χ4v) is 4.65. The van der Waals surface area contributed by atoms with Gasteiger partial charge in [-0.25, -0.2) is 0 Å². The SMILES string of the molecule is CCOc1ccc([C@@H](O)CN2CCC3(CC2)C[C@@H](O)c2cc(C)c(C)cc2O3)cc1. The highest BCUT2D eigenvalue weighted by Crippen LogP contribution is 2.45. The van der Waals surface area contributed by atoms with E-state index < -0.39 is 12.2 Å². The topological polar surface area (TPSA) is 62.2 Å². The molecule has 5 heteroatoms. The van der Waals surface area contributed by atoms with Crippen LogP contribution in [0, 0.1) is 13.8 Å². The van der Waals surface area contributed by atoms with Crippen molar-refractivity contribution in [2.24, 2.45) is 0 Å². The maximum absolute atomic E-state index is 10.8. The van der Waals surface area contributed by atoms with E-state index in [1.807, 2.05) is 31.2 Å². The highest BCUT2D eigenvalue weighted by atomic mass is 16.5. The maximum atomic E-state index is 10.8. The van der Waals surface area contributed by atoms with Gasteiger partial charge in [-0.3, -0.25) is 0 Å². The normalized spacial score (nSPS) is 21.7. The number of fused-ring (bicyclic) bond motifs is 1. The van der Waals surface area contributed by atoms with Gasteiger partial charge in [0.25, 0.3) is 0 Å². The Labute approximate surface area is 179 Å². The van der Waals surface area contributed by atoms with Crippen molar-refractivity contribution in [2.75, 3.05) is 26.2 Å². The van der Waals surface area contributed by atoms with Gasteiger partial charge in [0.1, 0.15) is 17.1 Å². The van der Waals surface area contributed by atoms with Crippen molar-refractivity contribution in [3.63, 3.8) is 0 Å². The first kappa shape index (κ1) is 21.2. The van der Waals surface area contributed by atoms with Crippen LogP contribution < -0.4 is 9.47 Å². The molecule has 2 aliphatic heterocycles. The highest BCUT2D eigenvalue weighted by molar-refractivity contribution is 5.45. The van der Waals surface area contributed by atoms with Crippen LogP contribution in [-0.4, -0.2) is 47.0 Å². The summed E-state index contributed by atoms with van der Waals surface area (Å²) in [5.74, 6) is 1.66. The largest absolute Gasteiger partial charge is 0.494 e. The first-order valence-electron chi connectivity index (χ1n) is 11.0. The number of piperidine rings is 1. The number of benzene rings is 2. The number of aliphatic hydroxyl groups is 2. The number of hydrogen-bond acceptors (Lipinski definition) is 5. The van der Waals surface area contributed by atoms with Crippen molar-refractivity contribution in [3.8, 4) is 11.5 Å². The zero-order chi connectivity index (χ0) is 21.3. The van der Waals surface area contributed by atoms with Gasteiger partial charge in [-0.1, -0.05) is 12.1 Å². The molecule has 0 aromatic heterocycles. The molecule has 4 rings (SSSR count). The smallest absolute Gasteiger partial charge is 0.126 e. The lowest BCUT2D eigenvalue weighted by atomic mass is 9.81. The minimum absolute atomic E-state index is 0.311. The Morgan fingerprint density at radius 3 is 2.47 bits per heavy atom. The first-order valence-corrected chi connectivity index (χ1v) is 11.0. The van der Waals surface area contributed by atoms with Gasteiger partial charge in [-0.15, -0.1) is 0 Å². The molecule has 30 heavy (non-hydrogen) atoms. The van der Waals surface area contributed by atoms with Gasteiger partial charge < -0.3 is 24.6 Å². The van der Waals surface area contributed by atoms with E-state index in [0.717, 1.165) is 48.6 Å². The van der Waals surface area contributed by atoms with Crippen molar-refractivity contribution in [1.82, 2.24) is 4.90 Å². The van der Waals surface area contributed by atoms with Crippen molar-refractivity contribution < 1.29 is 19.7 Å². The summed E-state index contributed by atoms with van der Waals surface area (Å²) < 4.78 is 12.0. The van der Waals surface area contributed by atoms with Crippen LogP contribution in [0.25, 0.3) is 0 Å². The molecule has 5 nitrogen and oxygen atoms in total. The molecular formula is C25H33NO4. The van der Waals surface area contributed by atoms with E-state index in [9.17, 15) is 10.2 Å². The van der Waals surface area contributed by atoms with Gasteiger partial charge in [0.15, 0.2) is 0 Å². The standard InChI is InChI=1S/C25H33NO4/c1-4-29-20-7-5-19(6-8-20)23(28)16-26-11-9-25(10-12-26)15-22(27)21-13-17(2)18(3)14-24(21)30-25/h5-8,13-14,22-23,27-28H,4,9-12,15-16H2,1-3H3/t22-,23+/m1/s1. The second kappa shape index (κ2) is 8.58. The Balaban J connectivity index is 1.37.